The van der Waals surface area contributed by atoms with Crippen LogP contribution >= 0.6 is 0 Å². The minimum atomic E-state index is -0.521. The number of aromatic nitrogens is 2. The molecule has 0 N–H and O–H groups in total. The molecule has 0 aliphatic heterocycles. The summed E-state index contributed by atoms with van der Waals surface area (Å²) >= 11 is 0. The molecule has 7 nitrogen and oxygen atoms in total. The Balaban J connectivity index is 1.48. The van der Waals surface area contributed by atoms with Crippen LogP contribution in [0.2, 0.25) is 0 Å². The van der Waals surface area contributed by atoms with Crippen molar-refractivity contribution in [3.8, 4) is 0 Å². The van der Waals surface area contributed by atoms with Gasteiger partial charge in [0.25, 0.3) is 11.6 Å². The summed E-state index contributed by atoms with van der Waals surface area (Å²) in [6.07, 6.45) is 5.37. The van der Waals surface area contributed by atoms with E-state index in [4.69, 9.17) is 9.26 Å². The van der Waals surface area contributed by atoms with Crippen molar-refractivity contribution < 1.29 is 18.8 Å². The molecule has 0 radical (unpaired) electrons. The van der Waals surface area contributed by atoms with E-state index in [0.717, 1.165) is 31.5 Å². The predicted molar refractivity (Wildman–Crippen MR) is 98.4 cm³/mol. The summed E-state index contributed by atoms with van der Waals surface area (Å²) in [6, 6.07) is 1.77. The zero-order valence-corrected chi connectivity index (χ0v) is 15.9. The van der Waals surface area contributed by atoms with Gasteiger partial charge in [0.1, 0.15) is 0 Å². The Morgan fingerprint density at radius 1 is 1.30 bits per heavy atom. The Morgan fingerprint density at radius 3 is 2.74 bits per heavy atom. The monoisotopic (exact) mass is 371 g/mol. The fourth-order valence-electron chi connectivity index (χ4n) is 3.36. The van der Waals surface area contributed by atoms with Gasteiger partial charge in [0.15, 0.2) is 6.61 Å². The van der Waals surface area contributed by atoms with Gasteiger partial charge in [0, 0.05) is 24.7 Å². The van der Waals surface area contributed by atoms with Crippen molar-refractivity contribution in [1.82, 2.24) is 15.0 Å². The number of amides is 1. The summed E-state index contributed by atoms with van der Waals surface area (Å²) in [4.78, 5) is 31.5. The number of hydrogen-bond donors (Lipinski definition) is 0. The maximum absolute atomic E-state index is 12.7. The molecule has 4 rings (SSSR count). The summed E-state index contributed by atoms with van der Waals surface area (Å²) in [5, 5.41) is 4.50. The summed E-state index contributed by atoms with van der Waals surface area (Å²) in [6.45, 7) is 5.04. The van der Waals surface area contributed by atoms with Crippen molar-refractivity contribution in [2.45, 2.75) is 51.9 Å². The Hall–Kier alpha value is -2.44. The van der Waals surface area contributed by atoms with Gasteiger partial charge < -0.3 is 14.2 Å². The lowest BCUT2D eigenvalue weighted by Gasteiger charge is -2.21. The number of carbonyl (C=O) groups is 2. The lowest BCUT2D eigenvalue weighted by Crippen LogP contribution is -2.36. The molecular formula is C20H25N3O4. The second kappa shape index (κ2) is 7.29. The van der Waals surface area contributed by atoms with Crippen LogP contribution in [0.1, 0.15) is 66.7 Å². The van der Waals surface area contributed by atoms with Gasteiger partial charge in [0.2, 0.25) is 0 Å². The molecule has 2 aromatic rings. The maximum atomic E-state index is 12.7. The number of rotatable bonds is 8. The molecule has 0 unspecified atom stereocenters. The third-order valence-electron chi connectivity index (χ3n) is 5.20. The molecule has 27 heavy (non-hydrogen) atoms. The van der Waals surface area contributed by atoms with Gasteiger partial charge in [-0.25, -0.2) is 9.78 Å². The first kappa shape index (κ1) is 17.9. The second-order valence-corrected chi connectivity index (χ2v) is 7.68. The SMILES string of the molecule is CCCN(CC1CC1)C(=O)COC(=O)c1cc(C2CC2)nc2onc(C)c12. The van der Waals surface area contributed by atoms with Crippen molar-refractivity contribution in [3.63, 3.8) is 0 Å². The zero-order valence-electron chi connectivity index (χ0n) is 15.9. The average Bonchev–Trinajstić information content (AvgIpc) is 3.58. The van der Waals surface area contributed by atoms with Crippen molar-refractivity contribution in [1.29, 1.82) is 0 Å². The number of carbonyl (C=O) groups excluding carboxylic acids is 2. The smallest absolute Gasteiger partial charge is 0.339 e. The Morgan fingerprint density at radius 2 is 2.07 bits per heavy atom. The van der Waals surface area contributed by atoms with E-state index in [1.165, 1.54) is 12.8 Å². The Kier molecular flexibility index (Phi) is 4.85. The predicted octanol–water partition coefficient (Wildman–Crippen LogP) is 3.21. The van der Waals surface area contributed by atoms with Gasteiger partial charge in [-0.2, -0.15) is 0 Å². The number of aryl methyl sites for hydroxylation is 1. The van der Waals surface area contributed by atoms with Crippen molar-refractivity contribution in [2.75, 3.05) is 19.7 Å². The van der Waals surface area contributed by atoms with Crippen molar-refractivity contribution in [3.05, 3.63) is 23.0 Å². The first-order valence-corrected chi connectivity index (χ1v) is 9.78. The van der Waals surface area contributed by atoms with Gasteiger partial charge >= 0.3 is 5.97 Å². The van der Waals surface area contributed by atoms with Crippen LogP contribution in [0.4, 0.5) is 0 Å². The maximum Gasteiger partial charge on any atom is 0.339 e. The molecule has 2 aliphatic rings. The first-order valence-electron chi connectivity index (χ1n) is 9.78. The molecule has 2 aromatic heterocycles. The van der Waals surface area contributed by atoms with E-state index >= 15 is 0 Å². The minimum Gasteiger partial charge on any atom is -0.452 e. The molecule has 0 spiro atoms. The van der Waals surface area contributed by atoms with E-state index in [1.54, 1.807) is 13.0 Å². The van der Waals surface area contributed by atoms with E-state index in [2.05, 4.69) is 10.1 Å². The van der Waals surface area contributed by atoms with Gasteiger partial charge in [-0.3, -0.25) is 4.79 Å². The van der Waals surface area contributed by atoms with Gasteiger partial charge in [-0.05, 0) is 51.0 Å². The topological polar surface area (TPSA) is 85.5 Å². The lowest BCUT2D eigenvalue weighted by molar-refractivity contribution is -0.134. The van der Waals surface area contributed by atoms with E-state index in [0.29, 0.717) is 40.7 Å². The highest BCUT2D eigenvalue weighted by Crippen LogP contribution is 2.40. The summed E-state index contributed by atoms with van der Waals surface area (Å²) < 4.78 is 10.6. The van der Waals surface area contributed by atoms with E-state index < -0.39 is 5.97 Å². The first-order chi connectivity index (χ1) is 13.1. The standard InChI is InChI=1S/C20H25N3O4/c1-3-8-23(10-13-4-5-13)17(24)11-26-20(25)15-9-16(14-6-7-14)21-19-18(15)12(2)22-27-19/h9,13-14H,3-8,10-11H2,1-2H3. The second-order valence-electron chi connectivity index (χ2n) is 7.68. The summed E-state index contributed by atoms with van der Waals surface area (Å²) in [5.41, 5.74) is 2.17. The number of ether oxygens (including phenoxy) is 1. The highest BCUT2D eigenvalue weighted by molar-refractivity contribution is 6.03. The summed E-state index contributed by atoms with van der Waals surface area (Å²) in [7, 11) is 0. The van der Waals surface area contributed by atoms with Crippen LogP contribution in [-0.2, 0) is 9.53 Å². The third kappa shape index (κ3) is 3.96. The van der Waals surface area contributed by atoms with E-state index in [9.17, 15) is 9.59 Å². The van der Waals surface area contributed by atoms with Gasteiger partial charge in [-0.15, -0.1) is 0 Å². The van der Waals surface area contributed by atoms with Crippen LogP contribution in [-0.4, -0.2) is 46.6 Å². The molecule has 2 heterocycles. The van der Waals surface area contributed by atoms with Crippen LogP contribution in [0, 0.1) is 12.8 Å². The highest BCUT2D eigenvalue weighted by atomic mass is 16.5. The fourth-order valence-corrected chi connectivity index (χ4v) is 3.36. The van der Waals surface area contributed by atoms with Crippen LogP contribution in [0.3, 0.4) is 0 Å². The molecule has 144 valence electrons. The number of nitrogens with zero attached hydrogens (tertiary/aromatic N) is 3. The number of pyridine rings is 1. The molecule has 0 saturated heterocycles. The quantitative estimate of drug-likeness (QED) is 0.662. The van der Waals surface area contributed by atoms with Crippen molar-refractivity contribution in [2.24, 2.45) is 5.92 Å². The molecule has 0 atom stereocenters. The number of fused-ring (bicyclic) bond motifs is 1. The van der Waals surface area contributed by atoms with Crippen LogP contribution in [0.5, 0.6) is 0 Å². The normalized spacial score (nSPS) is 16.5. The molecular weight excluding hydrogens is 346 g/mol. The Bertz CT molecular complexity index is 867. The van der Waals surface area contributed by atoms with Crippen molar-refractivity contribution >= 4 is 23.0 Å². The molecule has 2 saturated carbocycles. The van der Waals surface area contributed by atoms with Crippen LogP contribution < -0.4 is 0 Å². The molecule has 1 amide bonds. The number of esters is 1. The Labute approximate surface area is 158 Å². The van der Waals surface area contributed by atoms with E-state index in [1.807, 2.05) is 11.8 Å². The van der Waals surface area contributed by atoms with Gasteiger partial charge in [0.05, 0.1) is 16.6 Å². The lowest BCUT2D eigenvalue weighted by atomic mass is 10.1. The molecule has 7 heteroatoms. The van der Waals surface area contributed by atoms with Gasteiger partial charge in [-0.1, -0.05) is 12.1 Å². The largest absolute Gasteiger partial charge is 0.452 e. The summed E-state index contributed by atoms with van der Waals surface area (Å²) in [5.74, 6) is 0.321. The molecule has 0 aromatic carbocycles. The van der Waals surface area contributed by atoms with Crippen LogP contribution in [0.15, 0.2) is 10.6 Å². The molecule has 2 fully saturated rings. The zero-order chi connectivity index (χ0) is 19.0. The minimum absolute atomic E-state index is 0.133. The molecule has 2 aliphatic carbocycles. The van der Waals surface area contributed by atoms with Crippen LogP contribution in [0.25, 0.3) is 11.1 Å². The average molecular weight is 371 g/mol. The molecule has 0 bridgehead atoms. The third-order valence-corrected chi connectivity index (χ3v) is 5.20. The number of hydrogen-bond acceptors (Lipinski definition) is 6. The highest BCUT2D eigenvalue weighted by Gasteiger charge is 2.30. The van der Waals surface area contributed by atoms with E-state index in [-0.39, 0.29) is 12.5 Å². The fraction of sp³-hybridized carbons (Fsp3) is 0.600.